The predicted molar refractivity (Wildman–Crippen MR) is 154 cm³/mol. The molecule has 2 heterocycles. The van der Waals surface area contributed by atoms with Crippen LogP contribution in [0.15, 0.2) is 36.0 Å². The second-order valence-electron chi connectivity index (χ2n) is 10.7. The summed E-state index contributed by atoms with van der Waals surface area (Å²) in [6.07, 6.45) is 4.69. The molecule has 3 aromatic rings. The molecule has 0 saturated heterocycles. The summed E-state index contributed by atoms with van der Waals surface area (Å²) in [5, 5.41) is 22.7. The van der Waals surface area contributed by atoms with E-state index in [1.165, 1.54) is 16.6 Å². The molecular formula is C29H35N5O2S2. The first-order valence-corrected chi connectivity index (χ1v) is 14.6. The van der Waals surface area contributed by atoms with Crippen LogP contribution in [0.5, 0.6) is 5.75 Å². The Bertz CT molecular complexity index is 1380. The number of rotatable bonds is 9. The van der Waals surface area contributed by atoms with Crippen LogP contribution in [0.2, 0.25) is 0 Å². The Kier molecular flexibility index (Phi) is 8.64. The molecule has 1 aliphatic rings. The number of aryl methyl sites for hydroxylation is 1. The Labute approximate surface area is 233 Å². The molecule has 1 unspecified atom stereocenters. The number of benzene rings is 1. The van der Waals surface area contributed by atoms with Crippen molar-refractivity contribution in [3.05, 3.63) is 63.8 Å². The number of thioether (sulfide) groups is 1. The van der Waals surface area contributed by atoms with Crippen LogP contribution in [0.25, 0.3) is 0 Å². The molecule has 7 nitrogen and oxygen atoms in total. The van der Waals surface area contributed by atoms with Crippen molar-refractivity contribution < 1.29 is 9.53 Å². The quantitative estimate of drug-likeness (QED) is 0.243. The molecule has 200 valence electrons. The number of carbonyl (C=O) groups excluding carboxylic acids is 1. The van der Waals surface area contributed by atoms with E-state index in [9.17, 15) is 10.1 Å². The van der Waals surface area contributed by atoms with Crippen molar-refractivity contribution in [1.82, 2.24) is 14.8 Å². The Morgan fingerprint density at radius 2 is 2.16 bits per heavy atom. The Balaban J connectivity index is 1.41. The summed E-state index contributed by atoms with van der Waals surface area (Å²) in [5.74, 6) is 2.04. The van der Waals surface area contributed by atoms with Crippen LogP contribution in [0, 0.1) is 36.5 Å². The van der Waals surface area contributed by atoms with Gasteiger partial charge in [-0.2, -0.15) is 5.26 Å². The summed E-state index contributed by atoms with van der Waals surface area (Å²) in [6.45, 7) is 15.5. The molecule has 1 aromatic carbocycles. The molecule has 38 heavy (non-hydrogen) atoms. The molecule has 2 aromatic heterocycles. The molecule has 0 radical (unpaired) electrons. The molecule has 0 bridgehead atoms. The standard InChI is InChI=1S/C29H35N5O2S2/c1-7-13-34-25(16-36-23-10-8-9-18(2)19(23)3)32-33-28(34)37-17-26(35)31-27-22(15-30)21-12-11-20(29(4,5)6)14-24(21)38-27/h7-10,20H,1,11-14,16-17H2,2-6H3,(H,31,35). The molecule has 0 aliphatic heterocycles. The van der Waals surface area contributed by atoms with Gasteiger partial charge in [0.1, 0.15) is 23.4 Å². The van der Waals surface area contributed by atoms with Gasteiger partial charge in [-0.15, -0.1) is 28.1 Å². The summed E-state index contributed by atoms with van der Waals surface area (Å²) in [5.41, 5.74) is 4.21. The SMILES string of the molecule is C=CCn1c(COc2cccc(C)c2C)nnc1SCC(=O)Nc1sc2c(c1C#N)CCC(C(C)(C)C)C2. The van der Waals surface area contributed by atoms with Crippen molar-refractivity contribution in [3.8, 4) is 11.8 Å². The van der Waals surface area contributed by atoms with E-state index < -0.39 is 0 Å². The smallest absolute Gasteiger partial charge is 0.235 e. The van der Waals surface area contributed by atoms with Crippen molar-refractivity contribution in [1.29, 1.82) is 5.26 Å². The minimum absolute atomic E-state index is 0.158. The summed E-state index contributed by atoms with van der Waals surface area (Å²) in [6, 6.07) is 8.30. The number of hydrogen-bond acceptors (Lipinski definition) is 7. The molecule has 9 heteroatoms. The average molecular weight is 550 g/mol. The maximum absolute atomic E-state index is 12.9. The molecule has 1 amide bonds. The molecule has 1 atom stereocenters. The van der Waals surface area contributed by atoms with Crippen LogP contribution in [-0.4, -0.2) is 26.4 Å². The highest BCUT2D eigenvalue weighted by atomic mass is 32.2. The number of allylic oxidation sites excluding steroid dienone is 1. The van der Waals surface area contributed by atoms with Crippen molar-refractivity contribution in [3.63, 3.8) is 0 Å². The number of aromatic nitrogens is 3. The van der Waals surface area contributed by atoms with Crippen molar-refractivity contribution >= 4 is 34.0 Å². The summed E-state index contributed by atoms with van der Waals surface area (Å²) >= 11 is 2.86. The minimum atomic E-state index is -0.168. The van der Waals surface area contributed by atoms with Crippen LogP contribution in [-0.2, 0) is 30.8 Å². The lowest BCUT2D eigenvalue weighted by atomic mass is 9.72. The molecule has 1 N–H and O–H groups in total. The van der Waals surface area contributed by atoms with Gasteiger partial charge in [-0.25, -0.2) is 0 Å². The van der Waals surface area contributed by atoms with E-state index in [1.807, 2.05) is 23.6 Å². The van der Waals surface area contributed by atoms with Gasteiger partial charge in [0.15, 0.2) is 11.0 Å². The molecule has 0 fully saturated rings. The second-order valence-corrected chi connectivity index (χ2v) is 12.8. The van der Waals surface area contributed by atoms with Gasteiger partial charge < -0.3 is 10.1 Å². The Morgan fingerprint density at radius 3 is 2.87 bits per heavy atom. The zero-order valence-corrected chi connectivity index (χ0v) is 24.4. The number of carbonyl (C=O) groups is 1. The first-order chi connectivity index (χ1) is 18.1. The number of amides is 1. The minimum Gasteiger partial charge on any atom is -0.485 e. The van der Waals surface area contributed by atoms with Crippen molar-refractivity contribution in [2.75, 3.05) is 11.1 Å². The highest BCUT2D eigenvalue weighted by Crippen LogP contribution is 2.44. The second kappa shape index (κ2) is 11.7. The first-order valence-electron chi connectivity index (χ1n) is 12.8. The van der Waals surface area contributed by atoms with Crippen LogP contribution < -0.4 is 10.1 Å². The molecule has 0 saturated carbocycles. The molecule has 1 aliphatic carbocycles. The monoisotopic (exact) mass is 549 g/mol. The number of nitrogens with zero attached hydrogens (tertiary/aromatic N) is 4. The lowest BCUT2D eigenvalue weighted by Gasteiger charge is -2.33. The van der Waals surface area contributed by atoms with E-state index in [2.05, 4.69) is 61.9 Å². The average Bonchev–Trinajstić information content (AvgIpc) is 3.42. The highest BCUT2D eigenvalue weighted by molar-refractivity contribution is 7.99. The topological polar surface area (TPSA) is 92.8 Å². The number of anilines is 1. The number of thiophene rings is 1. The van der Waals surface area contributed by atoms with Gasteiger partial charge in [0.05, 0.1) is 11.3 Å². The summed E-state index contributed by atoms with van der Waals surface area (Å²) in [7, 11) is 0. The summed E-state index contributed by atoms with van der Waals surface area (Å²) < 4.78 is 7.94. The highest BCUT2D eigenvalue weighted by Gasteiger charge is 2.32. The Morgan fingerprint density at radius 1 is 1.37 bits per heavy atom. The largest absolute Gasteiger partial charge is 0.485 e. The zero-order chi connectivity index (χ0) is 27.4. The maximum atomic E-state index is 12.9. The molecular weight excluding hydrogens is 514 g/mol. The number of nitrogens with one attached hydrogen (secondary N) is 1. The van der Waals surface area contributed by atoms with Gasteiger partial charge in [-0.3, -0.25) is 9.36 Å². The van der Waals surface area contributed by atoms with Gasteiger partial charge in [0.25, 0.3) is 0 Å². The van der Waals surface area contributed by atoms with E-state index in [0.717, 1.165) is 41.7 Å². The Hall–Kier alpha value is -3.09. The van der Waals surface area contributed by atoms with Crippen molar-refractivity contribution in [2.24, 2.45) is 11.3 Å². The van der Waals surface area contributed by atoms with Gasteiger partial charge >= 0.3 is 0 Å². The third-order valence-corrected chi connectivity index (χ3v) is 9.34. The van der Waals surface area contributed by atoms with Gasteiger partial charge in [0, 0.05) is 11.4 Å². The number of nitriles is 1. The third-order valence-electron chi connectivity index (χ3n) is 7.20. The van der Waals surface area contributed by atoms with E-state index in [4.69, 9.17) is 4.74 Å². The van der Waals surface area contributed by atoms with Crippen LogP contribution in [0.3, 0.4) is 0 Å². The fourth-order valence-corrected chi connectivity index (χ4v) is 6.75. The fourth-order valence-electron chi connectivity index (χ4n) is 4.69. The van der Waals surface area contributed by atoms with Gasteiger partial charge in [0.2, 0.25) is 5.91 Å². The predicted octanol–water partition coefficient (Wildman–Crippen LogP) is 6.47. The fraction of sp³-hybridized carbons (Fsp3) is 0.448. The third kappa shape index (κ3) is 6.13. The van der Waals surface area contributed by atoms with Crippen LogP contribution in [0.4, 0.5) is 5.00 Å². The van der Waals surface area contributed by atoms with E-state index in [1.54, 1.807) is 17.4 Å². The van der Waals surface area contributed by atoms with E-state index in [0.29, 0.717) is 34.0 Å². The van der Waals surface area contributed by atoms with Gasteiger partial charge in [-0.1, -0.05) is 50.7 Å². The normalized spacial score (nSPS) is 15.0. The van der Waals surface area contributed by atoms with E-state index in [-0.39, 0.29) is 23.7 Å². The lowest BCUT2D eigenvalue weighted by molar-refractivity contribution is -0.113. The van der Waals surface area contributed by atoms with Crippen LogP contribution in [0.1, 0.15) is 60.1 Å². The van der Waals surface area contributed by atoms with Gasteiger partial charge in [-0.05, 0) is 67.2 Å². The molecule has 4 rings (SSSR count). The van der Waals surface area contributed by atoms with Crippen LogP contribution >= 0.6 is 23.1 Å². The zero-order valence-electron chi connectivity index (χ0n) is 22.8. The van der Waals surface area contributed by atoms with E-state index >= 15 is 0 Å². The number of hydrogen-bond donors (Lipinski definition) is 1. The number of fused-ring (bicyclic) bond motifs is 1. The molecule has 0 spiro atoms. The maximum Gasteiger partial charge on any atom is 0.235 e. The number of ether oxygens (including phenoxy) is 1. The van der Waals surface area contributed by atoms with Crippen molar-refractivity contribution in [2.45, 2.75) is 72.2 Å². The lowest BCUT2D eigenvalue weighted by Crippen LogP contribution is -2.26. The summed E-state index contributed by atoms with van der Waals surface area (Å²) in [4.78, 5) is 14.1. The first kappa shape index (κ1) is 27.9.